The summed E-state index contributed by atoms with van der Waals surface area (Å²) in [6, 6.07) is 6.96. The second-order valence-corrected chi connectivity index (χ2v) is 4.27. The van der Waals surface area contributed by atoms with Crippen molar-refractivity contribution < 1.29 is 19.1 Å². The molecule has 3 N–H and O–H groups in total. The predicted octanol–water partition coefficient (Wildman–Crippen LogP) is 0.555. The van der Waals surface area contributed by atoms with Gasteiger partial charge in [-0.2, -0.15) is 0 Å². The SMILES string of the molecule is COC(CN)C(=O)Nc1cccc(N2CCOC2=O)c1. The molecule has 1 aromatic rings. The van der Waals surface area contributed by atoms with E-state index in [-0.39, 0.29) is 18.5 Å². The van der Waals surface area contributed by atoms with Crippen molar-refractivity contribution in [1.82, 2.24) is 0 Å². The molecule has 0 aromatic heterocycles. The van der Waals surface area contributed by atoms with E-state index in [1.807, 2.05) is 0 Å². The van der Waals surface area contributed by atoms with Crippen LogP contribution in [0.1, 0.15) is 0 Å². The molecule has 7 heteroatoms. The van der Waals surface area contributed by atoms with Crippen LogP contribution < -0.4 is 16.0 Å². The number of nitrogens with zero attached hydrogens (tertiary/aromatic N) is 1. The average Bonchev–Trinajstić information content (AvgIpc) is 2.86. The van der Waals surface area contributed by atoms with E-state index in [1.165, 1.54) is 12.0 Å². The molecule has 1 fully saturated rings. The first-order chi connectivity index (χ1) is 9.65. The predicted molar refractivity (Wildman–Crippen MR) is 73.6 cm³/mol. The largest absolute Gasteiger partial charge is 0.447 e. The van der Waals surface area contributed by atoms with Crippen molar-refractivity contribution in [1.29, 1.82) is 0 Å². The quantitative estimate of drug-likeness (QED) is 0.821. The van der Waals surface area contributed by atoms with Crippen molar-refractivity contribution in [2.45, 2.75) is 6.10 Å². The van der Waals surface area contributed by atoms with Gasteiger partial charge in [-0.05, 0) is 18.2 Å². The maximum absolute atomic E-state index is 11.9. The van der Waals surface area contributed by atoms with E-state index >= 15 is 0 Å². The van der Waals surface area contributed by atoms with Crippen molar-refractivity contribution in [3.8, 4) is 0 Å². The summed E-state index contributed by atoms with van der Waals surface area (Å²) in [4.78, 5) is 24.8. The van der Waals surface area contributed by atoms with Crippen LogP contribution in [0.15, 0.2) is 24.3 Å². The number of anilines is 2. The second-order valence-electron chi connectivity index (χ2n) is 4.27. The van der Waals surface area contributed by atoms with E-state index in [1.54, 1.807) is 24.3 Å². The Bertz CT molecular complexity index is 502. The van der Waals surface area contributed by atoms with Crippen molar-refractivity contribution in [2.24, 2.45) is 5.73 Å². The zero-order chi connectivity index (χ0) is 14.5. The molecule has 7 nitrogen and oxygen atoms in total. The molecule has 0 spiro atoms. The lowest BCUT2D eigenvalue weighted by molar-refractivity contribution is -0.125. The van der Waals surface area contributed by atoms with E-state index in [4.69, 9.17) is 15.2 Å². The van der Waals surface area contributed by atoms with E-state index in [2.05, 4.69) is 5.32 Å². The van der Waals surface area contributed by atoms with Gasteiger partial charge in [0.1, 0.15) is 12.7 Å². The number of hydrogen-bond donors (Lipinski definition) is 2. The normalized spacial score (nSPS) is 15.9. The van der Waals surface area contributed by atoms with Gasteiger partial charge in [0.2, 0.25) is 0 Å². The van der Waals surface area contributed by atoms with E-state index < -0.39 is 6.10 Å². The van der Waals surface area contributed by atoms with Gasteiger partial charge in [0, 0.05) is 25.0 Å². The third-order valence-corrected chi connectivity index (χ3v) is 2.98. The minimum absolute atomic E-state index is 0.0977. The van der Waals surface area contributed by atoms with Crippen LogP contribution in [-0.2, 0) is 14.3 Å². The fourth-order valence-electron chi connectivity index (χ4n) is 1.91. The number of ether oxygens (including phenoxy) is 2. The number of methoxy groups -OCH3 is 1. The molecule has 1 heterocycles. The van der Waals surface area contributed by atoms with E-state index in [0.717, 1.165) is 0 Å². The molecule has 0 bridgehead atoms. The maximum atomic E-state index is 11.9. The molecule has 1 saturated heterocycles. The highest BCUT2D eigenvalue weighted by molar-refractivity contribution is 5.96. The minimum atomic E-state index is -0.699. The summed E-state index contributed by atoms with van der Waals surface area (Å²) < 4.78 is 9.84. The number of hydrogen-bond acceptors (Lipinski definition) is 5. The summed E-state index contributed by atoms with van der Waals surface area (Å²) in [7, 11) is 1.42. The Labute approximate surface area is 116 Å². The number of benzene rings is 1. The van der Waals surface area contributed by atoms with Crippen LogP contribution in [0.2, 0.25) is 0 Å². The zero-order valence-electron chi connectivity index (χ0n) is 11.2. The molecule has 1 aromatic carbocycles. The van der Waals surface area contributed by atoms with Gasteiger partial charge < -0.3 is 20.5 Å². The standard InChI is InChI=1S/C13H17N3O4/c1-19-11(8-14)12(17)15-9-3-2-4-10(7-9)16-5-6-20-13(16)18/h2-4,7,11H,5-6,8,14H2,1H3,(H,15,17). The summed E-state index contributed by atoms with van der Waals surface area (Å²) in [5.41, 5.74) is 6.68. The highest BCUT2D eigenvalue weighted by atomic mass is 16.6. The van der Waals surface area contributed by atoms with Crippen LogP contribution >= 0.6 is 0 Å². The van der Waals surface area contributed by atoms with Crippen LogP contribution in [0.25, 0.3) is 0 Å². The molecule has 1 aliphatic heterocycles. The summed E-state index contributed by atoms with van der Waals surface area (Å²) in [6.45, 7) is 0.967. The van der Waals surface area contributed by atoms with Crippen LogP contribution in [0.4, 0.5) is 16.2 Å². The van der Waals surface area contributed by atoms with Gasteiger partial charge in [-0.15, -0.1) is 0 Å². The molecule has 1 unspecified atom stereocenters. The molecule has 108 valence electrons. The lowest BCUT2D eigenvalue weighted by atomic mass is 10.2. The summed E-state index contributed by atoms with van der Waals surface area (Å²) >= 11 is 0. The second kappa shape index (κ2) is 6.36. The molecular formula is C13H17N3O4. The van der Waals surface area contributed by atoms with Crippen molar-refractivity contribution >= 4 is 23.4 Å². The lowest BCUT2D eigenvalue weighted by Crippen LogP contribution is -2.36. The van der Waals surface area contributed by atoms with Gasteiger partial charge in [-0.1, -0.05) is 6.07 Å². The maximum Gasteiger partial charge on any atom is 0.414 e. The third kappa shape index (κ3) is 3.06. The summed E-state index contributed by atoms with van der Waals surface area (Å²) in [5, 5.41) is 2.70. The molecular weight excluding hydrogens is 262 g/mol. The lowest BCUT2D eigenvalue weighted by Gasteiger charge is -2.16. The van der Waals surface area contributed by atoms with Gasteiger partial charge >= 0.3 is 6.09 Å². The Morgan fingerprint density at radius 3 is 3.00 bits per heavy atom. The van der Waals surface area contributed by atoms with Crippen molar-refractivity contribution in [3.05, 3.63) is 24.3 Å². The highest BCUT2D eigenvalue weighted by Gasteiger charge is 2.24. The smallest absolute Gasteiger partial charge is 0.414 e. The number of nitrogens with two attached hydrogens (primary N) is 1. The Hall–Kier alpha value is -2.12. The zero-order valence-corrected chi connectivity index (χ0v) is 11.2. The van der Waals surface area contributed by atoms with Gasteiger partial charge in [0.05, 0.1) is 6.54 Å². The molecule has 0 saturated carbocycles. The van der Waals surface area contributed by atoms with Crippen LogP contribution in [0.3, 0.4) is 0 Å². The monoisotopic (exact) mass is 279 g/mol. The number of rotatable bonds is 5. The molecule has 1 aliphatic rings. The molecule has 2 amide bonds. The molecule has 0 radical (unpaired) electrons. The molecule has 20 heavy (non-hydrogen) atoms. The van der Waals surface area contributed by atoms with E-state index in [0.29, 0.717) is 24.5 Å². The molecule has 2 rings (SSSR count). The number of carbonyl (C=O) groups excluding carboxylic acids is 2. The third-order valence-electron chi connectivity index (χ3n) is 2.98. The Kier molecular flexibility index (Phi) is 4.54. The van der Waals surface area contributed by atoms with Crippen LogP contribution in [0.5, 0.6) is 0 Å². The van der Waals surface area contributed by atoms with Crippen LogP contribution in [-0.4, -0.2) is 44.9 Å². The number of carbonyl (C=O) groups is 2. The first-order valence-electron chi connectivity index (χ1n) is 6.23. The van der Waals surface area contributed by atoms with Gasteiger partial charge in [0.25, 0.3) is 5.91 Å². The molecule has 1 atom stereocenters. The van der Waals surface area contributed by atoms with Gasteiger partial charge in [-0.3, -0.25) is 9.69 Å². The first-order valence-corrected chi connectivity index (χ1v) is 6.23. The van der Waals surface area contributed by atoms with Gasteiger partial charge in [-0.25, -0.2) is 4.79 Å². The van der Waals surface area contributed by atoms with E-state index in [9.17, 15) is 9.59 Å². The van der Waals surface area contributed by atoms with Crippen molar-refractivity contribution in [3.63, 3.8) is 0 Å². The topological polar surface area (TPSA) is 93.9 Å². The van der Waals surface area contributed by atoms with Gasteiger partial charge in [0.15, 0.2) is 0 Å². The average molecular weight is 279 g/mol. The molecule has 0 aliphatic carbocycles. The first kappa shape index (κ1) is 14.3. The Morgan fingerprint density at radius 1 is 1.60 bits per heavy atom. The van der Waals surface area contributed by atoms with Crippen LogP contribution in [0, 0.1) is 0 Å². The Balaban J connectivity index is 2.10. The Morgan fingerprint density at radius 2 is 2.40 bits per heavy atom. The van der Waals surface area contributed by atoms with Crippen molar-refractivity contribution in [2.75, 3.05) is 37.0 Å². The fraction of sp³-hybridized carbons (Fsp3) is 0.385. The summed E-state index contributed by atoms with van der Waals surface area (Å²) in [6.07, 6.45) is -1.08. The number of amides is 2. The highest BCUT2D eigenvalue weighted by Crippen LogP contribution is 2.22. The number of nitrogens with one attached hydrogen (secondary N) is 1. The minimum Gasteiger partial charge on any atom is -0.447 e. The fourth-order valence-corrected chi connectivity index (χ4v) is 1.91. The summed E-state index contributed by atoms with van der Waals surface area (Å²) in [5.74, 6) is -0.323. The number of cyclic esters (lactones) is 1.